The highest BCUT2D eigenvalue weighted by molar-refractivity contribution is 7.99. The Hall–Kier alpha value is -0.410. The van der Waals surface area contributed by atoms with E-state index in [0.29, 0.717) is 0 Å². The fourth-order valence-electron chi connectivity index (χ4n) is 1.06. The van der Waals surface area contributed by atoms with E-state index in [1.807, 2.05) is 24.8 Å². The minimum absolute atomic E-state index is 0.255. The van der Waals surface area contributed by atoms with Gasteiger partial charge in [-0.1, -0.05) is 13.8 Å². The number of aryl methyl sites for hydroxylation is 1. The maximum atomic E-state index is 5.67. The Bertz CT molecular complexity index is 281. The molecule has 0 aliphatic carbocycles. The molecule has 0 radical (unpaired) electrons. The zero-order chi connectivity index (χ0) is 10.6. The molecule has 1 aromatic rings. The standard InChI is InChI=1S/C11H19NOS/c1-9-10(4-6-13-9)14-7-5-11(2,3)8-12/h4,6H,5,7-8,12H2,1-3H3. The molecule has 2 nitrogen and oxygen atoms in total. The van der Waals surface area contributed by atoms with Crippen LogP contribution in [0.3, 0.4) is 0 Å². The van der Waals surface area contributed by atoms with E-state index in [4.69, 9.17) is 10.2 Å². The molecule has 1 rings (SSSR count). The van der Waals surface area contributed by atoms with Crippen LogP contribution in [0.25, 0.3) is 0 Å². The molecule has 80 valence electrons. The number of rotatable bonds is 5. The first-order chi connectivity index (χ1) is 6.55. The van der Waals surface area contributed by atoms with Gasteiger partial charge in [-0.05, 0) is 37.1 Å². The summed E-state index contributed by atoms with van der Waals surface area (Å²) in [5.74, 6) is 2.12. The zero-order valence-corrected chi connectivity index (χ0v) is 9.99. The summed E-state index contributed by atoms with van der Waals surface area (Å²) in [5, 5.41) is 0. The van der Waals surface area contributed by atoms with Crippen molar-refractivity contribution in [3.05, 3.63) is 18.1 Å². The van der Waals surface area contributed by atoms with Crippen LogP contribution in [-0.2, 0) is 0 Å². The summed E-state index contributed by atoms with van der Waals surface area (Å²) in [6.45, 7) is 7.15. The molecule has 1 aromatic heterocycles. The largest absolute Gasteiger partial charge is 0.468 e. The van der Waals surface area contributed by atoms with Crippen LogP contribution in [0.15, 0.2) is 21.6 Å². The number of furan rings is 1. The quantitative estimate of drug-likeness (QED) is 0.764. The number of thioether (sulfide) groups is 1. The maximum absolute atomic E-state index is 5.67. The Morgan fingerprint density at radius 2 is 2.21 bits per heavy atom. The van der Waals surface area contributed by atoms with Crippen LogP contribution in [0.4, 0.5) is 0 Å². The minimum Gasteiger partial charge on any atom is -0.468 e. The molecule has 2 N–H and O–H groups in total. The highest BCUT2D eigenvalue weighted by atomic mass is 32.2. The minimum atomic E-state index is 0.255. The molecule has 0 amide bonds. The molecule has 3 heteroatoms. The van der Waals surface area contributed by atoms with E-state index in [-0.39, 0.29) is 5.41 Å². The van der Waals surface area contributed by atoms with Gasteiger partial charge < -0.3 is 10.2 Å². The van der Waals surface area contributed by atoms with Gasteiger partial charge in [-0.2, -0.15) is 0 Å². The lowest BCUT2D eigenvalue weighted by Crippen LogP contribution is -2.23. The number of nitrogens with two attached hydrogens (primary N) is 1. The molecule has 0 atom stereocenters. The molecule has 0 saturated carbocycles. The van der Waals surface area contributed by atoms with Crippen molar-refractivity contribution in [2.75, 3.05) is 12.3 Å². The maximum Gasteiger partial charge on any atom is 0.114 e. The Labute approximate surface area is 90.2 Å². The second kappa shape index (κ2) is 4.89. The SMILES string of the molecule is Cc1occc1SCCC(C)(C)CN. The second-order valence-electron chi connectivity index (χ2n) is 4.31. The summed E-state index contributed by atoms with van der Waals surface area (Å²) >= 11 is 1.85. The average molecular weight is 213 g/mol. The van der Waals surface area contributed by atoms with E-state index in [1.54, 1.807) is 6.26 Å². The summed E-state index contributed by atoms with van der Waals surface area (Å²) in [4.78, 5) is 1.25. The predicted molar refractivity (Wildman–Crippen MR) is 61.6 cm³/mol. The number of hydrogen-bond donors (Lipinski definition) is 1. The van der Waals surface area contributed by atoms with Gasteiger partial charge >= 0.3 is 0 Å². The van der Waals surface area contributed by atoms with Crippen LogP contribution >= 0.6 is 11.8 Å². The predicted octanol–water partition coefficient (Wildman–Crippen LogP) is 3.06. The molecule has 0 unspecified atom stereocenters. The molecule has 0 spiro atoms. The number of hydrogen-bond acceptors (Lipinski definition) is 3. The molecule has 0 aliphatic rings. The first-order valence-electron chi connectivity index (χ1n) is 4.92. The van der Waals surface area contributed by atoms with Crippen LogP contribution < -0.4 is 5.73 Å². The molecule has 0 aromatic carbocycles. The van der Waals surface area contributed by atoms with Crippen molar-refractivity contribution in [1.29, 1.82) is 0 Å². The Balaban J connectivity index is 2.32. The van der Waals surface area contributed by atoms with Crippen LogP contribution in [0.2, 0.25) is 0 Å². The van der Waals surface area contributed by atoms with Gasteiger partial charge in [0.15, 0.2) is 0 Å². The van der Waals surface area contributed by atoms with Gasteiger partial charge in [-0.15, -0.1) is 11.8 Å². The summed E-state index contributed by atoms with van der Waals surface area (Å²) in [7, 11) is 0. The van der Waals surface area contributed by atoms with E-state index in [1.165, 1.54) is 4.90 Å². The highest BCUT2D eigenvalue weighted by Crippen LogP contribution is 2.27. The Morgan fingerprint density at radius 1 is 1.50 bits per heavy atom. The van der Waals surface area contributed by atoms with Gasteiger partial charge in [0, 0.05) is 4.90 Å². The molecular formula is C11H19NOS. The monoisotopic (exact) mass is 213 g/mol. The van der Waals surface area contributed by atoms with Crippen molar-refractivity contribution in [3.8, 4) is 0 Å². The first-order valence-corrected chi connectivity index (χ1v) is 5.91. The lowest BCUT2D eigenvalue weighted by Gasteiger charge is -2.21. The van der Waals surface area contributed by atoms with E-state index >= 15 is 0 Å². The topological polar surface area (TPSA) is 39.2 Å². The van der Waals surface area contributed by atoms with E-state index in [0.717, 1.165) is 24.5 Å². The van der Waals surface area contributed by atoms with Gasteiger partial charge in [0.05, 0.1) is 6.26 Å². The third kappa shape index (κ3) is 3.39. The first kappa shape index (κ1) is 11.7. The van der Waals surface area contributed by atoms with Gasteiger partial charge in [-0.3, -0.25) is 0 Å². The van der Waals surface area contributed by atoms with Crippen molar-refractivity contribution < 1.29 is 4.42 Å². The molecule has 0 fully saturated rings. The van der Waals surface area contributed by atoms with Crippen LogP contribution in [-0.4, -0.2) is 12.3 Å². The molecule has 0 saturated heterocycles. The van der Waals surface area contributed by atoms with Crippen LogP contribution in [0.5, 0.6) is 0 Å². The van der Waals surface area contributed by atoms with Crippen molar-refractivity contribution in [2.24, 2.45) is 11.1 Å². The highest BCUT2D eigenvalue weighted by Gasteiger charge is 2.15. The van der Waals surface area contributed by atoms with Crippen molar-refractivity contribution in [2.45, 2.75) is 32.1 Å². The third-order valence-corrected chi connectivity index (χ3v) is 3.54. The lowest BCUT2D eigenvalue weighted by molar-refractivity contribution is 0.368. The smallest absolute Gasteiger partial charge is 0.114 e. The van der Waals surface area contributed by atoms with Gasteiger partial charge in [0.2, 0.25) is 0 Å². The zero-order valence-electron chi connectivity index (χ0n) is 9.17. The third-order valence-electron chi connectivity index (χ3n) is 2.40. The summed E-state index contributed by atoms with van der Waals surface area (Å²) < 4.78 is 5.23. The van der Waals surface area contributed by atoms with Crippen molar-refractivity contribution in [3.63, 3.8) is 0 Å². The molecule has 0 aliphatic heterocycles. The van der Waals surface area contributed by atoms with Gasteiger partial charge in [0.1, 0.15) is 5.76 Å². The van der Waals surface area contributed by atoms with Crippen LogP contribution in [0, 0.1) is 12.3 Å². The van der Waals surface area contributed by atoms with Crippen molar-refractivity contribution >= 4 is 11.8 Å². The van der Waals surface area contributed by atoms with Gasteiger partial charge in [-0.25, -0.2) is 0 Å². The summed E-state index contributed by atoms with van der Waals surface area (Å²) in [6.07, 6.45) is 2.88. The Kier molecular flexibility index (Phi) is 4.08. The summed E-state index contributed by atoms with van der Waals surface area (Å²) in [5.41, 5.74) is 5.92. The lowest BCUT2D eigenvalue weighted by atomic mass is 9.91. The summed E-state index contributed by atoms with van der Waals surface area (Å²) in [6, 6.07) is 2.02. The normalized spacial score (nSPS) is 12.0. The van der Waals surface area contributed by atoms with Gasteiger partial charge in [0.25, 0.3) is 0 Å². The Morgan fingerprint density at radius 3 is 2.71 bits per heavy atom. The second-order valence-corrected chi connectivity index (χ2v) is 5.44. The van der Waals surface area contributed by atoms with E-state index < -0.39 is 0 Å². The van der Waals surface area contributed by atoms with Crippen molar-refractivity contribution in [1.82, 2.24) is 0 Å². The molecular weight excluding hydrogens is 194 g/mol. The van der Waals surface area contributed by atoms with Crippen LogP contribution in [0.1, 0.15) is 26.0 Å². The molecule has 1 heterocycles. The fourth-order valence-corrected chi connectivity index (χ4v) is 2.34. The van der Waals surface area contributed by atoms with E-state index in [9.17, 15) is 0 Å². The molecule has 0 bridgehead atoms. The molecule has 14 heavy (non-hydrogen) atoms. The van der Waals surface area contributed by atoms with E-state index in [2.05, 4.69) is 13.8 Å². The fraction of sp³-hybridized carbons (Fsp3) is 0.636. The average Bonchev–Trinajstić information content (AvgIpc) is 2.52.